The highest BCUT2D eigenvalue weighted by molar-refractivity contribution is 7.52. The van der Waals surface area contributed by atoms with Crippen LogP contribution in [0.4, 0.5) is 16.2 Å². The molecule has 2 aromatic heterocycles. The zero-order chi connectivity index (χ0) is 30.0. The van der Waals surface area contributed by atoms with E-state index in [0.29, 0.717) is 17.0 Å². The number of nitrogens with one attached hydrogen (secondary N) is 2. The largest absolute Gasteiger partial charge is 0.462 e. The van der Waals surface area contributed by atoms with E-state index in [1.165, 1.54) is 17.8 Å². The number of carbonyl (C=O) groups is 1. The van der Waals surface area contributed by atoms with Crippen LogP contribution in [0.25, 0.3) is 11.2 Å². The Morgan fingerprint density at radius 1 is 1.26 bits per heavy atom. The molecule has 0 amide bonds. The molecule has 2 aliphatic rings. The summed E-state index contributed by atoms with van der Waals surface area (Å²) < 4.78 is 52.2. The monoisotopic (exact) mass is 607 g/mol. The summed E-state index contributed by atoms with van der Waals surface area (Å²) in [5.74, 6) is -1.02. The summed E-state index contributed by atoms with van der Waals surface area (Å²) in [6.45, 7) is 3.42. The van der Waals surface area contributed by atoms with E-state index in [0.717, 1.165) is 12.8 Å². The lowest BCUT2D eigenvalue weighted by atomic mass is 10.0. The number of alkyl halides is 1. The predicted octanol–water partition coefficient (Wildman–Crippen LogP) is 2.96. The summed E-state index contributed by atoms with van der Waals surface area (Å²) in [4.78, 5) is 25.3. The molecule has 42 heavy (non-hydrogen) atoms. The number of nitrogens with two attached hydrogens (primary N) is 1. The molecule has 3 heterocycles. The smallest absolute Gasteiger partial charge is 0.459 e. The molecule has 0 spiro atoms. The molecule has 1 saturated heterocycles. The number of anilines is 2. The molecule has 1 saturated carbocycles. The van der Waals surface area contributed by atoms with Crippen LogP contribution >= 0.6 is 7.75 Å². The number of esters is 1. The van der Waals surface area contributed by atoms with Crippen molar-refractivity contribution in [1.29, 1.82) is 0 Å². The van der Waals surface area contributed by atoms with Gasteiger partial charge in [-0.3, -0.25) is 18.3 Å². The van der Waals surface area contributed by atoms with Crippen LogP contribution < -0.4 is 20.7 Å². The van der Waals surface area contributed by atoms with Gasteiger partial charge in [0.25, 0.3) is 0 Å². The molecule has 5 N–H and O–H groups in total. The standard InChI is InChI=1S/C26H35FN7O7P/c1-14(2)39-25(36)15(3)33-42(37,41-17-7-5-4-6-8-17)38-12-19-21(35)18(11-27)24(40-19)34-13-29-20-22(30-16-9-10-16)31-26(28)32-23(20)34/h4-8,13-16,18-19,21,24,35H,9-12H2,1-3H3,(H,33,37)(H3,28,30,31,32)/t15-,18-,19+,21-,24+,42+/m0/s1. The number of rotatable bonds is 13. The van der Waals surface area contributed by atoms with Crippen LogP contribution in [0.1, 0.15) is 39.8 Å². The maximum Gasteiger partial charge on any atom is 0.459 e. The van der Waals surface area contributed by atoms with Crippen molar-refractivity contribution in [3.8, 4) is 5.75 Å². The summed E-state index contributed by atoms with van der Waals surface area (Å²) in [6.07, 6.45) is -0.478. The molecular formula is C26H35FN7O7P. The van der Waals surface area contributed by atoms with Crippen molar-refractivity contribution >= 4 is 36.6 Å². The number of imidazole rings is 1. The van der Waals surface area contributed by atoms with Crippen molar-refractivity contribution in [3.05, 3.63) is 36.7 Å². The highest BCUT2D eigenvalue weighted by Crippen LogP contribution is 2.47. The molecule has 6 atom stereocenters. The molecule has 0 bridgehead atoms. The van der Waals surface area contributed by atoms with E-state index in [-0.39, 0.29) is 17.7 Å². The Hall–Kier alpha value is -3.36. The topological polar surface area (TPSA) is 185 Å². The third-order valence-electron chi connectivity index (χ3n) is 6.74. The summed E-state index contributed by atoms with van der Waals surface area (Å²) in [6, 6.07) is 7.43. The summed E-state index contributed by atoms with van der Waals surface area (Å²) >= 11 is 0. The normalized spacial score (nSPS) is 24.4. The SMILES string of the molecule is CC(C)OC(=O)[C@H](C)N[P@@](=O)(OC[C@H]1O[C@@H](n2cnc3c(NC4CC4)nc(N)nc32)[C@@H](CF)[C@@H]1O)Oc1ccccc1. The van der Waals surface area contributed by atoms with Crippen molar-refractivity contribution < 1.29 is 37.4 Å². The number of aliphatic hydroxyl groups excluding tert-OH is 1. The van der Waals surface area contributed by atoms with Crippen LogP contribution in [-0.2, 0) is 23.4 Å². The number of para-hydroxylation sites is 1. The summed E-state index contributed by atoms with van der Waals surface area (Å²) in [5.41, 5.74) is 6.68. The van der Waals surface area contributed by atoms with Gasteiger partial charge in [-0.1, -0.05) is 18.2 Å². The van der Waals surface area contributed by atoms with Gasteiger partial charge in [0.15, 0.2) is 17.0 Å². The fraction of sp³-hybridized carbons (Fsp3) is 0.538. The van der Waals surface area contributed by atoms with Gasteiger partial charge in [0.1, 0.15) is 24.1 Å². The fourth-order valence-electron chi connectivity index (χ4n) is 4.53. The van der Waals surface area contributed by atoms with Crippen molar-refractivity contribution in [2.24, 2.45) is 5.92 Å². The number of benzene rings is 1. The van der Waals surface area contributed by atoms with E-state index in [1.807, 2.05) is 0 Å². The number of ether oxygens (including phenoxy) is 2. The molecular weight excluding hydrogens is 572 g/mol. The Balaban J connectivity index is 1.35. The molecule has 3 aromatic rings. The quantitative estimate of drug-likeness (QED) is 0.164. The average Bonchev–Trinajstić information content (AvgIpc) is 3.56. The average molecular weight is 608 g/mol. The molecule has 2 fully saturated rings. The van der Waals surface area contributed by atoms with E-state index < -0.39 is 63.5 Å². The van der Waals surface area contributed by atoms with Crippen LogP contribution in [0, 0.1) is 5.92 Å². The number of aromatic nitrogens is 4. The zero-order valence-corrected chi connectivity index (χ0v) is 24.3. The fourth-order valence-corrected chi connectivity index (χ4v) is 6.03. The van der Waals surface area contributed by atoms with Crippen molar-refractivity contribution in [1.82, 2.24) is 24.6 Å². The van der Waals surface area contributed by atoms with Gasteiger partial charge in [-0.25, -0.2) is 9.55 Å². The van der Waals surface area contributed by atoms with E-state index in [2.05, 4.69) is 25.4 Å². The first kappa shape index (κ1) is 30.1. The number of carbonyl (C=O) groups excluding carboxylic acids is 1. The second-order valence-electron chi connectivity index (χ2n) is 10.6. The second kappa shape index (κ2) is 12.5. The first-order valence-corrected chi connectivity index (χ1v) is 15.2. The molecule has 0 radical (unpaired) electrons. The first-order chi connectivity index (χ1) is 20.1. The number of nitrogen functional groups attached to an aromatic ring is 1. The zero-order valence-electron chi connectivity index (χ0n) is 23.4. The maximum atomic E-state index is 14.3. The van der Waals surface area contributed by atoms with Crippen LogP contribution in [0.3, 0.4) is 0 Å². The Kier molecular flexibility index (Phi) is 8.94. The van der Waals surface area contributed by atoms with Gasteiger partial charge in [0.2, 0.25) is 5.95 Å². The lowest BCUT2D eigenvalue weighted by Gasteiger charge is -2.25. The lowest BCUT2D eigenvalue weighted by molar-refractivity contribution is -0.149. The van der Waals surface area contributed by atoms with Crippen LogP contribution in [0.15, 0.2) is 36.7 Å². The van der Waals surface area contributed by atoms with Gasteiger partial charge < -0.3 is 30.2 Å². The molecule has 5 rings (SSSR count). The van der Waals surface area contributed by atoms with E-state index >= 15 is 0 Å². The first-order valence-electron chi connectivity index (χ1n) is 13.7. The second-order valence-corrected chi connectivity index (χ2v) is 12.3. The lowest BCUT2D eigenvalue weighted by Crippen LogP contribution is -2.37. The van der Waals surface area contributed by atoms with Crippen LogP contribution in [0.5, 0.6) is 5.75 Å². The van der Waals surface area contributed by atoms with Gasteiger partial charge in [-0.15, -0.1) is 0 Å². The molecule has 0 unspecified atom stereocenters. The number of hydrogen-bond donors (Lipinski definition) is 4. The summed E-state index contributed by atoms with van der Waals surface area (Å²) in [5, 5.41) is 16.8. The third kappa shape index (κ3) is 6.81. The highest BCUT2D eigenvalue weighted by Gasteiger charge is 2.47. The number of fused-ring (bicyclic) bond motifs is 1. The Labute approximate surface area is 241 Å². The van der Waals surface area contributed by atoms with E-state index in [4.69, 9.17) is 24.3 Å². The number of aliphatic hydroxyl groups is 1. The minimum atomic E-state index is -4.24. The van der Waals surface area contributed by atoms with Crippen LogP contribution in [0.2, 0.25) is 0 Å². The Morgan fingerprint density at radius 2 is 2.00 bits per heavy atom. The van der Waals surface area contributed by atoms with E-state index in [9.17, 15) is 18.9 Å². The molecule has 1 aliphatic carbocycles. The highest BCUT2D eigenvalue weighted by atomic mass is 31.2. The van der Waals surface area contributed by atoms with Gasteiger partial charge >= 0.3 is 13.7 Å². The Morgan fingerprint density at radius 3 is 2.67 bits per heavy atom. The van der Waals surface area contributed by atoms with Gasteiger partial charge in [-0.2, -0.15) is 15.1 Å². The molecule has 1 aromatic carbocycles. The number of hydrogen-bond acceptors (Lipinski definition) is 12. The third-order valence-corrected chi connectivity index (χ3v) is 8.39. The minimum Gasteiger partial charge on any atom is -0.462 e. The molecule has 14 nitrogen and oxygen atoms in total. The van der Waals surface area contributed by atoms with Crippen molar-refractivity contribution in [2.75, 3.05) is 24.3 Å². The van der Waals surface area contributed by atoms with Gasteiger partial charge in [0.05, 0.1) is 37.7 Å². The Bertz CT molecular complexity index is 1440. The number of nitrogens with zero attached hydrogens (tertiary/aromatic N) is 4. The van der Waals surface area contributed by atoms with Gasteiger partial charge in [0, 0.05) is 6.04 Å². The van der Waals surface area contributed by atoms with E-state index in [1.54, 1.807) is 44.2 Å². The number of halogens is 1. The maximum absolute atomic E-state index is 14.3. The molecule has 228 valence electrons. The van der Waals surface area contributed by atoms with Crippen LogP contribution in [-0.4, -0.2) is 74.3 Å². The predicted molar refractivity (Wildman–Crippen MR) is 150 cm³/mol. The molecule has 16 heteroatoms. The molecule has 1 aliphatic heterocycles. The van der Waals surface area contributed by atoms with Gasteiger partial charge in [-0.05, 0) is 45.7 Å². The summed E-state index contributed by atoms with van der Waals surface area (Å²) in [7, 11) is -4.24. The van der Waals surface area contributed by atoms with Crippen molar-refractivity contribution in [2.45, 2.75) is 70.2 Å². The van der Waals surface area contributed by atoms with Crippen molar-refractivity contribution in [3.63, 3.8) is 0 Å². The minimum absolute atomic E-state index is 0.00202.